The van der Waals surface area contributed by atoms with E-state index in [-0.39, 0.29) is 6.79 Å². The molecule has 0 fully saturated rings. The smallest absolute Gasteiger partial charge is 0.230 e. The van der Waals surface area contributed by atoms with Crippen LogP contribution in [0.2, 0.25) is 0 Å². The van der Waals surface area contributed by atoms with Crippen molar-refractivity contribution < 1.29 is 9.47 Å². The molecule has 4 nitrogen and oxygen atoms in total. The van der Waals surface area contributed by atoms with Crippen molar-refractivity contribution in [3.63, 3.8) is 0 Å². The summed E-state index contributed by atoms with van der Waals surface area (Å²) in [5.41, 5.74) is 3.80. The van der Waals surface area contributed by atoms with Crippen LogP contribution in [0.5, 0.6) is 11.5 Å². The third kappa shape index (κ3) is 4.54. The molecular weight excluding hydrogens is 288 g/mol. The van der Waals surface area contributed by atoms with Gasteiger partial charge in [0.1, 0.15) is 11.5 Å². The monoisotopic (exact) mass is 310 g/mol. The molecule has 23 heavy (non-hydrogen) atoms. The highest BCUT2D eigenvalue weighted by Gasteiger charge is 2.00. The van der Waals surface area contributed by atoms with Crippen LogP contribution in [0, 0.1) is 0 Å². The van der Waals surface area contributed by atoms with Crippen molar-refractivity contribution in [3.8, 4) is 11.5 Å². The van der Waals surface area contributed by atoms with Crippen LogP contribution >= 0.6 is 0 Å². The summed E-state index contributed by atoms with van der Waals surface area (Å²) in [5, 5.41) is 6.02. The second-order valence-electron chi connectivity index (χ2n) is 4.91. The van der Waals surface area contributed by atoms with Gasteiger partial charge in [0.15, 0.2) is 0 Å². The molecule has 2 aromatic rings. The molecule has 0 atom stereocenters. The zero-order chi connectivity index (χ0) is 16.7. The molecule has 0 amide bonds. The Hall–Kier alpha value is -2.88. The summed E-state index contributed by atoms with van der Waals surface area (Å²) in [5.74, 6) is 1.50. The first kappa shape index (κ1) is 16.5. The summed E-state index contributed by atoms with van der Waals surface area (Å²) in [6.07, 6.45) is 0. The van der Waals surface area contributed by atoms with Gasteiger partial charge in [-0.15, -0.1) is 0 Å². The molecule has 2 N–H and O–H groups in total. The van der Waals surface area contributed by atoms with E-state index in [0.29, 0.717) is 0 Å². The number of nitrogens with one attached hydrogen (secondary N) is 2. The van der Waals surface area contributed by atoms with Gasteiger partial charge in [-0.05, 0) is 59.7 Å². The molecule has 2 rings (SSSR count). The Bertz CT molecular complexity index is 601. The Morgan fingerprint density at radius 2 is 1.09 bits per heavy atom. The summed E-state index contributed by atoms with van der Waals surface area (Å²) in [6, 6.07) is 15.4. The van der Waals surface area contributed by atoms with Crippen molar-refractivity contribution in [1.29, 1.82) is 0 Å². The van der Waals surface area contributed by atoms with Gasteiger partial charge in [0.2, 0.25) is 6.79 Å². The lowest BCUT2D eigenvalue weighted by atomic mass is 10.2. The standard InChI is InChI=1S/C19H22N2O2/c1-14(20-3)16-5-9-18(10-6-16)22-13-23-19-11-7-17(8-12-19)15(2)21-4/h5-12,20-21H,1-2,13H2,3-4H3. The van der Waals surface area contributed by atoms with Crippen LogP contribution in [0.3, 0.4) is 0 Å². The van der Waals surface area contributed by atoms with Crippen LogP contribution in [0.4, 0.5) is 0 Å². The molecule has 0 aliphatic rings. The minimum atomic E-state index is 0.151. The van der Waals surface area contributed by atoms with E-state index in [0.717, 1.165) is 34.0 Å². The van der Waals surface area contributed by atoms with Crippen LogP contribution in [0.15, 0.2) is 61.7 Å². The summed E-state index contributed by atoms with van der Waals surface area (Å²) in [4.78, 5) is 0. The SMILES string of the molecule is C=C(NC)c1ccc(OCOc2ccc(C(=C)NC)cc2)cc1. The van der Waals surface area contributed by atoms with Gasteiger partial charge in [0, 0.05) is 25.5 Å². The Balaban J connectivity index is 1.85. The topological polar surface area (TPSA) is 42.5 Å². The van der Waals surface area contributed by atoms with Crippen LogP contribution < -0.4 is 20.1 Å². The Morgan fingerprint density at radius 3 is 1.39 bits per heavy atom. The Labute approximate surface area is 137 Å². The summed E-state index contributed by atoms with van der Waals surface area (Å²) < 4.78 is 11.1. The van der Waals surface area contributed by atoms with Gasteiger partial charge in [-0.25, -0.2) is 0 Å². The second-order valence-corrected chi connectivity index (χ2v) is 4.91. The van der Waals surface area contributed by atoms with Gasteiger partial charge >= 0.3 is 0 Å². The van der Waals surface area contributed by atoms with Crippen LogP contribution in [-0.4, -0.2) is 20.9 Å². The van der Waals surface area contributed by atoms with E-state index in [1.165, 1.54) is 0 Å². The summed E-state index contributed by atoms with van der Waals surface area (Å²) in [7, 11) is 3.69. The largest absolute Gasteiger partial charge is 0.458 e. The lowest BCUT2D eigenvalue weighted by Gasteiger charge is -2.11. The molecule has 0 radical (unpaired) electrons. The minimum Gasteiger partial charge on any atom is -0.458 e. The third-order valence-corrected chi connectivity index (χ3v) is 3.46. The molecule has 0 aromatic heterocycles. The van der Waals surface area contributed by atoms with E-state index < -0.39 is 0 Å². The maximum absolute atomic E-state index is 5.57. The number of rotatable bonds is 8. The Kier molecular flexibility index (Phi) is 5.69. The van der Waals surface area contributed by atoms with Gasteiger partial charge in [-0.2, -0.15) is 0 Å². The van der Waals surface area contributed by atoms with E-state index in [2.05, 4.69) is 23.8 Å². The zero-order valence-corrected chi connectivity index (χ0v) is 13.6. The number of ether oxygens (including phenoxy) is 2. The molecule has 0 saturated heterocycles. The van der Waals surface area contributed by atoms with E-state index in [1.54, 1.807) is 0 Å². The number of hydrogen-bond donors (Lipinski definition) is 2. The summed E-state index contributed by atoms with van der Waals surface area (Å²) >= 11 is 0. The average molecular weight is 310 g/mol. The third-order valence-electron chi connectivity index (χ3n) is 3.46. The van der Waals surface area contributed by atoms with Gasteiger partial charge in [0.25, 0.3) is 0 Å². The van der Waals surface area contributed by atoms with Crippen molar-refractivity contribution in [2.75, 3.05) is 20.9 Å². The predicted octanol–water partition coefficient (Wildman–Crippen LogP) is 3.48. The Morgan fingerprint density at radius 1 is 0.739 bits per heavy atom. The molecule has 0 aliphatic heterocycles. The molecule has 0 spiro atoms. The number of benzene rings is 2. The highest BCUT2D eigenvalue weighted by molar-refractivity contribution is 5.62. The first-order valence-electron chi connectivity index (χ1n) is 7.34. The zero-order valence-electron chi connectivity index (χ0n) is 13.6. The molecule has 0 bridgehead atoms. The van der Waals surface area contributed by atoms with Crippen LogP contribution in [-0.2, 0) is 0 Å². The van der Waals surface area contributed by atoms with E-state index >= 15 is 0 Å². The maximum Gasteiger partial charge on any atom is 0.230 e. The molecule has 0 unspecified atom stereocenters. The summed E-state index contributed by atoms with van der Waals surface area (Å²) in [6.45, 7) is 7.98. The highest BCUT2D eigenvalue weighted by atomic mass is 16.7. The van der Waals surface area contributed by atoms with Gasteiger partial charge in [0.05, 0.1) is 0 Å². The fourth-order valence-electron chi connectivity index (χ4n) is 1.96. The fraction of sp³-hybridized carbons (Fsp3) is 0.158. The van der Waals surface area contributed by atoms with Crippen LogP contribution in [0.25, 0.3) is 11.4 Å². The fourth-order valence-corrected chi connectivity index (χ4v) is 1.96. The van der Waals surface area contributed by atoms with Gasteiger partial charge < -0.3 is 20.1 Å². The molecule has 4 heteroatoms. The predicted molar refractivity (Wildman–Crippen MR) is 95.2 cm³/mol. The van der Waals surface area contributed by atoms with E-state index in [4.69, 9.17) is 9.47 Å². The minimum absolute atomic E-state index is 0.151. The van der Waals surface area contributed by atoms with Crippen molar-refractivity contribution >= 4 is 11.4 Å². The highest BCUT2D eigenvalue weighted by Crippen LogP contribution is 2.18. The maximum atomic E-state index is 5.57. The molecule has 0 heterocycles. The first-order valence-corrected chi connectivity index (χ1v) is 7.34. The average Bonchev–Trinajstić information content (AvgIpc) is 2.61. The molecule has 0 aliphatic carbocycles. The lowest BCUT2D eigenvalue weighted by Crippen LogP contribution is -2.06. The van der Waals surface area contributed by atoms with Gasteiger partial charge in [-0.1, -0.05) is 13.2 Å². The van der Waals surface area contributed by atoms with Crippen LogP contribution in [0.1, 0.15) is 11.1 Å². The van der Waals surface area contributed by atoms with Crippen molar-refractivity contribution in [3.05, 3.63) is 72.8 Å². The molecule has 120 valence electrons. The molecule has 2 aromatic carbocycles. The van der Waals surface area contributed by atoms with Crippen molar-refractivity contribution in [2.24, 2.45) is 0 Å². The van der Waals surface area contributed by atoms with Crippen molar-refractivity contribution in [1.82, 2.24) is 10.6 Å². The molecule has 0 saturated carbocycles. The van der Waals surface area contributed by atoms with Crippen molar-refractivity contribution in [2.45, 2.75) is 0 Å². The number of hydrogen-bond acceptors (Lipinski definition) is 4. The van der Waals surface area contributed by atoms with E-state index in [9.17, 15) is 0 Å². The lowest BCUT2D eigenvalue weighted by molar-refractivity contribution is 0.120. The molecular formula is C19H22N2O2. The van der Waals surface area contributed by atoms with Gasteiger partial charge in [-0.3, -0.25) is 0 Å². The second kappa shape index (κ2) is 7.94. The normalized spacial score (nSPS) is 9.83. The quantitative estimate of drug-likeness (QED) is 0.733. The first-order chi connectivity index (χ1) is 11.1. The van der Waals surface area contributed by atoms with E-state index in [1.807, 2.05) is 62.6 Å².